The molecule has 2 aromatic heterocycles. The zero-order valence-electron chi connectivity index (χ0n) is 14.2. The molecule has 7 nitrogen and oxygen atoms in total. The molecule has 0 aliphatic rings. The van der Waals surface area contributed by atoms with E-state index in [-0.39, 0.29) is 17.3 Å². The fourth-order valence-electron chi connectivity index (χ4n) is 2.16. The van der Waals surface area contributed by atoms with Crippen molar-refractivity contribution in [3.8, 4) is 11.4 Å². The molecule has 0 spiro atoms. The zero-order valence-corrected chi connectivity index (χ0v) is 14.2. The van der Waals surface area contributed by atoms with Gasteiger partial charge in [0.2, 0.25) is 5.82 Å². The smallest absolute Gasteiger partial charge is 0.435 e. The number of hydrogen-bond donors (Lipinski definition) is 0. The highest BCUT2D eigenvalue weighted by Gasteiger charge is 2.33. The number of ether oxygens (including phenoxy) is 1. The molecule has 154 valence electrons. The Bertz CT molecular complexity index is 991. The summed E-state index contributed by atoms with van der Waals surface area (Å²) in [6.45, 7) is -1.05. The lowest BCUT2D eigenvalue weighted by Crippen LogP contribution is -2.15. The molecule has 2 heterocycles. The monoisotopic (exact) mass is 420 g/mol. The molecule has 1 aromatic carbocycles. The first-order valence-corrected chi connectivity index (χ1v) is 7.79. The Hall–Kier alpha value is -3.38. The third kappa shape index (κ3) is 5.12. The predicted molar refractivity (Wildman–Crippen MR) is 81.8 cm³/mol. The van der Waals surface area contributed by atoms with Crippen LogP contribution in [0.25, 0.3) is 11.4 Å². The molecule has 0 unspecified atom stereocenters. The number of nitrogens with zero attached hydrogens (tertiary/aromatic N) is 4. The first-order chi connectivity index (χ1) is 13.5. The zero-order chi connectivity index (χ0) is 21.2. The van der Waals surface area contributed by atoms with Crippen LogP contribution in [0.5, 0.6) is 0 Å². The molecule has 0 saturated heterocycles. The average Bonchev–Trinajstić information content (AvgIpc) is 3.28. The summed E-state index contributed by atoms with van der Waals surface area (Å²) in [7, 11) is 0. The van der Waals surface area contributed by atoms with E-state index in [1.54, 1.807) is 0 Å². The van der Waals surface area contributed by atoms with E-state index in [1.807, 2.05) is 0 Å². The number of carbonyl (C=O) groups excluding carboxylic acids is 1. The predicted octanol–water partition coefficient (Wildman–Crippen LogP) is 3.71. The number of aromatic nitrogens is 4. The molecule has 0 amide bonds. The number of alkyl halides is 6. The molecular formula is C16H10F6N4O3. The van der Waals surface area contributed by atoms with Crippen LogP contribution in [0.15, 0.2) is 41.1 Å². The number of benzene rings is 1. The van der Waals surface area contributed by atoms with E-state index in [2.05, 4.69) is 15.2 Å². The first-order valence-electron chi connectivity index (χ1n) is 7.79. The molecule has 3 aromatic rings. The minimum Gasteiger partial charge on any atom is -0.454 e. The summed E-state index contributed by atoms with van der Waals surface area (Å²) < 4.78 is 85.4. The summed E-state index contributed by atoms with van der Waals surface area (Å²) in [6, 6.07) is 4.72. The largest absolute Gasteiger partial charge is 0.454 e. The van der Waals surface area contributed by atoms with Crippen LogP contribution < -0.4 is 0 Å². The van der Waals surface area contributed by atoms with Gasteiger partial charge in [0.1, 0.15) is 6.54 Å². The van der Waals surface area contributed by atoms with Crippen LogP contribution in [-0.4, -0.2) is 25.9 Å². The quantitative estimate of drug-likeness (QED) is 0.462. The van der Waals surface area contributed by atoms with Gasteiger partial charge in [0.25, 0.3) is 5.89 Å². The third-order valence-corrected chi connectivity index (χ3v) is 3.52. The van der Waals surface area contributed by atoms with Crippen molar-refractivity contribution in [1.82, 2.24) is 19.9 Å². The van der Waals surface area contributed by atoms with Crippen molar-refractivity contribution in [1.29, 1.82) is 0 Å². The van der Waals surface area contributed by atoms with Gasteiger partial charge in [-0.3, -0.25) is 9.48 Å². The van der Waals surface area contributed by atoms with Gasteiger partial charge < -0.3 is 9.26 Å². The van der Waals surface area contributed by atoms with E-state index >= 15 is 0 Å². The minimum atomic E-state index is -4.63. The maximum atomic E-state index is 12.6. The second kappa shape index (κ2) is 7.56. The fraction of sp³-hybridized carbons (Fsp3) is 0.250. The lowest BCUT2D eigenvalue weighted by Gasteiger charge is -2.05. The van der Waals surface area contributed by atoms with Gasteiger partial charge in [-0.1, -0.05) is 17.3 Å². The Morgan fingerprint density at radius 2 is 1.72 bits per heavy atom. The van der Waals surface area contributed by atoms with Crippen molar-refractivity contribution in [3.05, 3.63) is 53.7 Å². The molecule has 0 radical (unpaired) electrons. The maximum Gasteiger partial charge on any atom is 0.435 e. The van der Waals surface area contributed by atoms with E-state index in [4.69, 9.17) is 9.26 Å². The number of rotatable bonds is 5. The summed E-state index contributed by atoms with van der Waals surface area (Å²) in [5, 5.41) is 6.77. The van der Waals surface area contributed by atoms with Crippen LogP contribution in [0.3, 0.4) is 0 Å². The van der Waals surface area contributed by atoms with Crippen LogP contribution in [0.2, 0.25) is 0 Å². The molecule has 0 atom stereocenters. The van der Waals surface area contributed by atoms with Gasteiger partial charge in [0, 0.05) is 11.8 Å². The van der Waals surface area contributed by atoms with Crippen molar-refractivity contribution in [3.63, 3.8) is 0 Å². The molecule has 29 heavy (non-hydrogen) atoms. The lowest BCUT2D eigenvalue weighted by molar-refractivity contribution is -0.148. The van der Waals surface area contributed by atoms with E-state index in [0.717, 1.165) is 35.1 Å². The Labute approximate surface area is 157 Å². The van der Waals surface area contributed by atoms with E-state index in [9.17, 15) is 31.1 Å². The number of halogens is 6. The Kier molecular flexibility index (Phi) is 5.31. The SMILES string of the molecule is O=C(Cn1ccc(C(F)(F)F)n1)OCc1nc(-c2ccc(C(F)(F)F)cc2)no1. The average molecular weight is 420 g/mol. The number of carbonyl (C=O) groups is 1. The standard InChI is InChI=1S/C16H10F6N4O3/c17-15(18,19)10-3-1-9(2-4-10)14-23-12(29-25-14)8-28-13(27)7-26-6-5-11(24-26)16(20,21)22/h1-6H,7-8H2. The highest BCUT2D eigenvalue weighted by molar-refractivity contribution is 5.69. The Morgan fingerprint density at radius 3 is 2.31 bits per heavy atom. The highest BCUT2D eigenvalue weighted by atomic mass is 19.4. The highest BCUT2D eigenvalue weighted by Crippen LogP contribution is 2.30. The Morgan fingerprint density at radius 1 is 1.03 bits per heavy atom. The van der Waals surface area contributed by atoms with Crippen molar-refractivity contribution in [2.75, 3.05) is 0 Å². The van der Waals surface area contributed by atoms with Gasteiger partial charge in [-0.05, 0) is 18.2 Å². The molecule has 0 N–H and O–H groups in total. The topological polar surface area (TPSA) is 83.0 Å². The van der Waals surface area contributed by atoms with Gasteiger partial charge in [0.05, 0.1) is 5.56 Å². The lowest BCUT2D eigenvalue weighted by atomic mass is 10.1. The van der Waals surface area contributed by atoms with E-state index in [1.165, 1.54) is 0 Å². The van der Waals surface area contributed by atoms with Crippen LogP contribution in [0, 0.1) is 0 Å². The number of esters is 1. The molecule has 3 rings (SSSR count). The second-order valence-electron chi connectivity index (χ2n) is 5.64. The van der Waals surface area contributed by atoms with Crippen LogP contribution in [0.1, 0.15) is 17.1 Å². The van der Waals surface area contributed by atoms with Crippen LogP contribution >= 0.6 is 0 Å². The summed E-state index contributed by atoms with van der Waals surface area (Å²) >= 11 is 0. The normalized spacial score (nSPS) is 12.2. The summed E-state index contributed by atoms with van der Waals surface area (Å²) in [5.41, 5.74) is -1.75. The summed E-state index contributed by atoms with van der Waals surface area (Å²) in [4.78, 5) is 15.6. The van der Waals surface area contributed by atoms with Crippen LogP contribution in [-0.2, 0) is 35.0 Å². The van der Waals surface area contributed by atoms with Crippen LogP contribution in [0.4, 0.5) is 26.3 Å². The Balaban J connectivity index is 1.56. The van der Waals surface area contributed by atoms with Crippen molar-refractivity contribution < 1.29 is 40.4 Å². The van der Waals surface area contributed by atoms with Gasteiger partial charge >= 0.3 is 18.3 Å². The maximum absolute atomic E-state index is 12.6. The summed E-state index contributed by atoms with van der Waals surface area (Å²) in [5.74, 6) is -1.08. The van der Waals surface area contributed by atoms with Gasteiger partial charge in [-0.25, -0.2) is 0 Å². The molecule has 0 saturated carbocycles. The van der Waals surface area contributed by atoms with E-state index < -0.39 is 42.7 Å². The van der Waals surface area contributed by atoms with Gasteiger partial charge in [0.15, 0.2) is 12.3 Å². The van der Waals surface area contributed by atoms with Gasteiger partial charge in [-0.15, -0.1) is 0 Å². The second-order valence-corrected chi connectivity index (χ2v) is 5.64. The minimum absolute atomic E-state index is 0.0216. The summed E-state index contributed by atoms with van der Waals surface area (Å²) in [6.07, 6.45) is -8.14. The molecule has 0 bridgehead atoms. The van der Waals surface area contributed by atoms with E-state index in [0.29, 0.717) is 6.07 Å². The molecule has 13 heteroatoms. The molecular weight excluding hydrogens is 410 g/mol. The fourth-order valence-corrected chi connectivity index (χ4v) is 2.16. The van der Waals surface area contributed by atoms with Crippen molar-refractivity contribution in [2.24, 2.45) is 0 Å². The molecule has 0 aliphatic heterocycles. The first kappa shape index (κ1) is 20.4. The van der Waals surface area contributed by atoms with Crippen molar-refractivity contribution >= 4 is 5.97 Å². The number of hydrogen-bond acceptors (Lipinski definition) is 6. The molecule has 0 aliphatic carbocycles. The third-order valence-electron chi connectivity index (χ3n) is 3.52. The van der Waals surface area contributed by atoms with Crippen molar-refractivity contribution in [2.45, 2.75) is 25.5 Å². The molecule has 0 fully saturated rings. The van der Waals surface area contributed by atoms with Gasteiger partial charge in [-0.2, -0.15) is 36.4 Å².